The first kappa shape index (κ1) is 13.6. The molecule has 2 aromatic rings. The molecule has 1 atom stereocenters. The summed E-state index contributed by atoms with van der Waals surface area (Å²) in [6, 6.07) is 17.0. The molecule has 20 heavy (non-hydrogen) atoms. The maximum Gasteiger partial charge on any atom is 0.0408 e. The lowest BCUT2D eigenvalue weighted by Gasteiger charge is -2.22. The zero-order chi connectivity index (χ0) is 13.9. The molecular weight excluding hydrogens is 268 g/mol. The monoisotopic (exact) mass is 286 g/mol. The van der Waals surface area contributed by atoms with E-state index in [-0.39, 0.29) is 6.04 Å². The zero-order valence-corrected chi connectivity index (χ0v) is 12.1. The van der Waals surface area contributed by atoms with Crippen LogP contribution in [0.4, 0.5) is 0 Å². The Morgan fingerprint density at radius 2 is 1.80 bits per heavy atom. The van der Waals surface area contributed by atoms with Crippen LogP contribution in [0.3, 0.4) is 0 Å². The van der Waals surface area contributed by atoms with Crippen molar-refractivity contribution in [1.29, 1.82) is 0 Å². The molecule has 0 aliphatic heterocycles. The summed E-state index contributed by atoms with van der Waals surface area (Å²) in [5.74, 6) is 6.34. The Bertz CT molecular complexity index is 572. The van der Waals surface area contributed by atoms with Gasteiger partial charge in [0.25, 0.3) is 0 Å². The SMILES string of the molecule is NNC(Cc1cccc(Cl)c1)C1Cc2ccccc2C1. The Balaban J connectivity index is 1.72. The Labute approximate surface area is 124 Å². The molecule has 0 amide bonds. The fraction of sp³-hybridized carbons (Fsp3) is 0.294. The highest BCUT2D eigenvalue weighted by Gasteiger charge is 2.27. The summed E-state index contributed by atoms with van der Waals surface area (Å²) in [6.07, 6.45) is 3.12. The van der Waals surface area contributed by atoms with Crippen LogP contribution in [0, 0.1) is 5.92 Å². The highest BCUT2D eigenvalue weighted by molar-refractivity contribution is 6.30. The molecule has 0 radical (unpaired) electrons. The number of fused-ring (bicyclic) bond motifs is 1. The molecule has 0 saturated heterocycles. The lowest BCUT2D eigenvalue weighted by molar-refractivity contribution is 0.367. The first-order chi connectivity index (χ1) is 9.76. The van der Waals surface area contributed by atoms with Crippen molar-refractivity contribution in [3.63, 3.8) is 0 Å². The van der Waals surface area contributed by atoms with Crippen molar-refractivity contribution >= 4 is 11.6 Å². The average molecular weight is 287 g/mol. The number of rotatable bonds is 4. The van der Waals surface area contributed by atoms with Gasteiger partial charge in [-0.05, 0) is 54.0 Å². The summed E-state index contributed by atoms with van der Waals surface area (Å²) in [7, 11) is 0. The fourth-order valence-corrected chi connectivity index (χ4v) is 3.37. The van der Waals surface area contributed by atoms with Gasteiger partial charge < -0.3 is 0 Å². The van der Waals surface area contributed by atoms with Crippen LogP contribution in [0.1, 0.15) is 16.7 Å². The highest BCUT2D eigenvalue weighted by atomic mass is 35.5. The van der Waals surface area contributed by atoms with Gasteiger partial charge >= 0.3 is 0 Å². The number of halogens is 1. The summed E-state index contributed by atoms with van der Waals surface area (Å²) in [4.78, 5) is 0. The van der Waals surface area contributed by atoms with E-state index >= 15 is 0 Å². The molecule has 2 nitrogen and oxygen atoms in total. The lowest BCUT2D eigenvalue weighted by atomic mass is 9.91. The van der Waals surface area contributed by atoms with E-state index in [2.05, 4.69) is 35.8 Å². The third-order valence-corrected chi connectivity index (χ3v) is 4.45. The van der Waals surface area contributed by atoms with Gasteiger partial charge in [0.05, 0.1) is 0 Å². The van der Waals surface area contributed by atoms with Gasteiger partial charge in [0.1, 0.15) is 0 Å². The summed E-state index contributed by atoms with van der Waals surface area (Å²) in [5, 5.41) is 0.785. The third kappa shape index (κ3) is 2.88. The van der Waals surface area contributed by atoms with E-state index < -0.39 is 0 Å². The molecule has 0 bridgehead atoms. The van der Waals surface area contributed by atoms with E-state index in [1.165, 1.54) is 16.7 Å². The second-order valence-corrected chi connectivity index (χ2v) is 5.98. The van der Waals surface area contributed by atoms with Crippen LogP contribution in [-0.4, -0.2) is 6.04 Å². The summed E-state index contributed by atoms with van der Waals surface area (Å²) in [6.45, 7) is 0. The summed E-state index contributed by atoms with van der Waals surface area (Å²) >= 11 is 6.05. The van der Waals surface area contributed by atoms with Crippen LogP contribution < -0.4 is 11.3 Å². The quantitative estimate of drug-likeness (QED) is 0.669. The van der Waals surface area contributed by atoms with Crippen molar-refractivity contribution in [2.75, 3.05) is 0 Å². The van der Waals surface area contributed by atoms with E-state index in [9.17, 15) is 0 Å². The minimum absolute atomic E-state index is 0.279. The minimum Gasteiger partial charge on any atom is -0.271 e. The molecule has 2 aromatic carbocycles. The maximum absolute atomic E-state index is 6.05. The van der Waals surface area contributed by atoms with E-state index in [1.54, 1.807) is 0 Å². The number of hydrogen-bond acceptors (Lipinski definition) is 2. The largest absolute Gasteiger partial charge is 0.271 e. The molecule has 0 saturated carbocycles. The van der Waals surface area contributed by atoms with Crippen LogP contribution in [0.25, 0.3) is 0 Å². The molecule has 1 aliphatic carbocycles. The smallest absolute Gasteiger partial charge is 0.0408 e. The van der Waals surface area contributed by atoms with Gasteiger partial charge in [-0.15, -0.1) is 0 Å². The second-order valence-electron chi connectivity index (χ2n) is 5.54. The molecular formula is C17H19ClN2. The first-order valence-electron chi connectivity index (χ1n) is 7.03. The van der Waals surface area contributed by atoms with Gasteiger partial charge in [-0.25, -0.2) is 0 Å². The molecule has 0 fully saturated rings. The van der Waals surface area contributed by atoms with E-state index in [4.69, 9.17) is 17.4 Å². The number of benzene rings is 2. The molecule has 104 valence electrons. The molecule has 0 spiro atoms. The molecule has 0 aromatic heterocycles. The van der Waals surface area contributed by atoms with Crippen molar-refractivity contribution in [1.82, 2.24) is 5.43 Å². The normalized spacial score (nSPS) is 16.1. The Kier molecular flexibility index (Phi) is 4.06. The molecule has 3 N–H and O–H groups in total. The number of hydrazine groups is 1. The summed E-state index contributed by atoms with van der Waals surface area (Å²) < 4.78 is 0. The standard InChI is InChI=1S/C17H19ClN2/c18-16-7-3-4-12(8-16)9-17(20-19)15-10-13-5-1-2-6-14(13)11-15/h1-8,15,17,20H,9-11,19H2. The van der Waals surface area contributed by atoms with Gasteiger partial charge in [0.15, 0.2) is 0 Å². The number of hydrogen-bond donors (Lipinski definition) is 2. The lowest BCUT2D eigenvalue weighted by Crippen LogP contribution is -2.42. The molecule has 0 heterocycles. The van der Waals surface area contributed by atoms with E-state index in [0.717, 1.165) is 24.3 Å². The van der Waals surface area contributed by atoms with Gasteiger partial charge in [0, 0.05) is 11.1 Å². The first-order valence-corrected chi connectivity index (χ1v) is 7.41. The Hall–Kier alpha value is -1.35. The molecule has 1 aliphatic rings. The Morgan fingerprint density at radius 1 is 1.10 bits per heavy atom. The Morgan fingerprint density at radius 3 is 2.40 bits per heavy atom. The van der Waals surface area contributed by atoms with Crippen LogP contribution in [0.5, 0.6) is 0 Å². The van der Waals surface area contributed by atoms with Crippen molar-refractivity contribution in [2.45, 2.75) is 25.3 Å². The van der Waals surface area contributed by atoms with Crippen LogP contribution in [-0.2, 0) is 19.3 Å². The van der Waals surface area contributed by atoms with E-state index in [0.29, 0.717) is 5.92 Å². The van der Waals surface area contributed by atoms with Crippen LogP contribution in [0.2, 0.25) is 5.02 Å². The van der Waals surface area contributed by atoms with Gasteiger partial charge in [-0.2, -0.15) is 0 Å². The van der Waals surface area contributed by atoms with Gasteiger partial charge in [-0.1, -0.05) is 48.0 Å². The van der Waals surface area contributed by atoms with Gasteiger partial charge in [-0.3, -0.25) is 11.3 Å². The topological polar surface area (TPSA) is 38.0 Å². The third-order valence-electron chi connectivity index (χ3n) is 4.21. The predicted molar refractivity (Wildman–Crippen MR) is 83.6 cm³/mol. The second kappa shape index (κ2) is 5.96. The molecule has 3 heteroatoms. The molecule has 1 unspecified atom stereocenters. The highest BCUT2D eigenvalue weighted by Crippen LogP contribution is 2.29. The number of nitrogens with two attached hydrogens (primary N) is 1. The van der Waals surface area contributed by atoms with Crippen LogP contribution in [0.15, 0.2) is 48.5 Å². The predicted octanol–water partition coefficient (Wildman–Crippen LogP) is 3.13. The molecule has 3 rings (SSSR count). The van der Waals surface area contributed by atoms with Crippen molar-refractivity contribution in [3.8, 4) is 0 Å². The average Bonchev–Trinajstić information content (AvgIpc) is 2.88. The maximum atomic E-state index is 6.05. The fourth-order valence-electron chi connectivity index (χ4n) is 3.16. The van der Waals surface area contributed by atoms with Crippen molar-refractivity contribution in [2.24, 2.45) is 11.8 Å². The minimum atomic E-state index is 0.279. The number of nitrogens with one attached hydrogen (secondary N) is 1. The zero-order valence-electron chi connectivity index (χ0n) is 11.4. The van der Waals surface area contributed by atoms with Crippen molar-refractivity contribution < 1.29 is 0 Å². The van der Waals surface area contributed by atoms with Crippen molar-refractivity contribution in [3.05, 3.63) is 70.2 Å². The van der Waals surface area contributed by atoms with Crippen LogP contribution >= 0.6 is 11.6 Å². The van der Waals surface area contributed by atoms with E-state index in [1.807, 2.05) is 18.2 Å². The van der Waals surface area contributed by atoms with Gasteiger partial charge in [0.2, 0.25) is 0 Å². The summed E-state index contributed by atoms with van der Waals surface area (Å²) in [5.41, 5.74) is 7.16.